The van der Waals surface area contributed by atoms with Crippen molar-refractivity contribution in [3.05, 3.63) is 33.7 Å². The van der Waals surface area contributed by atoms with Gasteiger partial charge in [-0.05, 0) is 49.8 Å². The Labute approximate surface area is 156 Å². The topological polar surface area (TPSA) is 87.5 Å². The first-order chi connectivity index (χ1) is 12.1. The minimum atomic E-state index is -0.358. The van der Waals surface area contributed by atoms with Gasteiger partial charge in [0.1, 0.15) is 0 Å². The number of carbonyl (C=O) groups excluding carboxylic acids is 2. The zero-order valence-electron chi connectivity index (χ0n) is 13.8. The number of benzene rings is 1. The van der Waals surface area contributed by atoms with Gasteiger partial charge in [-0.3, -0.25) is 14.9 Å². The molecule has 6 nitrogen and oxygen atoms in total. The van der Waals surface area contributed by atoms with Crippen LogP contribution >= 0.6 is 23.4 Å². The number of hydrogen-bond acceptors (Lipinski definition) is 6. The second-order valence-corrected chi connectivity index (χ2v) is 7.48. The number of nitrogens with two attached hydrogens (primary N) is 1. The van der Waals surface area contributed by atoms with Gasteiger partial charge in [0, 0.05) is 24.7 Å². The Morgan fingerprint density at radius 3 is 3.00 bits per heavy atom. The number of nitrogens with zero attached hydrogens (tertiary/aromatic N) is 1. The summed E-state index contributed by atoms with van der Waals surface area (Å²) in [5.41, 5.74) is 7.30. The molecule has 3 rings (SSSR count). The number of rotatable bonds is 6. The third kappa shape index (κ3) is 4.36. The predicted molar refractivity (Wildman–Crippen MR) is 103 cm³/mol. The maximum absolute atomic E-state index is 11.8. The Balaban J connectivity index is 1.79. The Bertz CT molecular complexity index is 710. The number of para-hydroxylation sites is 1. The zero-order chi connectivity index (χ0) is 17.8. The summed E-state index contributed by atoms with van der Waals surface area (Å²) in [5, 5.41) is 6.09. The van der Waals surface area contributed by atoms with E-state index in [0.29, 0.717) is 22.5 Å². The number of halogens is 1. The second kappa shape index (κ2) is 8.23. The fraction of sp³-hybridized carbons (Fsp3) is 0.412. The highest BCUT2D eigenvalue weighted by Gasteiger charge is 2.28. The minimum absolute atomic E-state index is 0.342. The van der Waals surface area contributed by atoms with Gasteiger partial charge in [-0.25, -0.2) is 0 Å². The first-order valence-corrected chi connectivity index (χ1v) is 9.49. The van der Waals surface area contributed by atoms with Crippen molar-refractivity contribution in [3.8, 4) is 0 Å². The maximum Gasteiger partial charge on any atom is 0.290 e. The molecule has 1 aromatic rings. The fourth-order valence-electron chi connectivity index (χ4n) is 3.08. The third-order valence-corrected chi connectivity index (χ3v) is 5.38. The molecule has 134 valence electrons. The lowest BCUT2D eigenvalue weighted by Gasteiger charge is -2.23. The molecule has 0 aromatic heterocycles. The van der Waals surface area contributed by atoms with E-state index < -0.39 is 0 Å². The van der Waals surface area contributed by atoms with Crippen molar-refractivity contribution in [1.82, 2.24) is 10.6 Å². The van der Waals surface area contributed by atoms with Gasteiger partial charge >= 0.3 is 0 Å². The van der Waals surface area contributed by atoms with Crippen LogP contribution in [-0.2, 0) is 4.79 Å². The number of hydrogen-bond donors (Lipinski definition) is 3. The monoisotopic (exact) mass is 380 g/mol. The highest BCUT2D eigenvalue weighted by atomic mass is 35.5. The molecule has 2 amide bonds. The van der Waals surface area contributed by atoms with E-state index in [0.717, 1.165) is 55.5 Å². The van der Waals surface area contributed by atoms with Crippen LogP contribution in [0.15, 0.2) is 23.1 Å². The molecule has 1 aromatic carbocycles. The first kappa shape index (κ1) is 18.3. The molecule has 8 heteroatoms. The summed E-state index contributed by atoms with van der Waals surface area (Å²) in [7, 11) is 0. The smallest absolute Gasteiger partial charge is 0.290 e. The molecule has 1 atom stereocenters. The van der Waals surface area contributed by atoms with E-state index in [1.54, 1.807) is 6.08 Å². The molecule has 0 saturated carbocycles. The summed E-state index contributed by atoms with van der Waals surface area (Å²) in [6, 6.07) is 6.01. The number of imide groups is 1. The highest BCUT2D eigenvalue weighted by molar-refractivity contribution is 8.18. The molecular formula is C17H21ClN4O2S. The van der Waals surface area contributed by atoms with Crippen molar-refractivity contribution in [2.75, 3.05) is 31.1 Å². The van der Waals surface area contributed by atoms with Crippen molar-refractivity contribution in [2.45, 2.75) is 18.9 Å². The summed E-state index contributed by atoms with van der Waals surface area (Å²) in [6.45, 7) is 3.33. The van der Waals surface area contributed by atoms with Crippen LogP contribution in [0.1, 0.15) is 18.4 Å². The molecule has 0 spiro atoms. The average molecular weight is 381 g/mol. The summed E-state index contributed by atoms with van der Waals surface area (Å²) >= 11 is 7.37. The lowest BCUT2D eigenvalue weighted by molar-refractivity contribution is -0.115. The van der Waals surface area contributed by atoms with Gasteiger partial charge in [0.2, 0.25) is 0 Å². The quantitative estimate of drug-likeness (QED) is 0.518. The molecule has 0 radical (unpaired) electrons. The lowest BCUT2D eigenvalue weighted by atomic mass is 10.1. The molecule has 2 saturated heterocycles. The SMILES string of the molecule is NCCCN[C@H]1CCN(c2c(Cl)cccc2C=C2SC(=O)NC2=O)C1. The Kier molecular flexibility index (Phi) is 6.01. The first-order valence-electron chi connectivity index (χ1n) is 8.30. The van der Waals surface area contributed by atoms with Crippen LogP contribution in [0.3, 0.4) is 0 Å². The summed E-state index contributed by atoms with van der Waals surface area (Å²) in [6.07, 6.45) is 3.72. The van der Waals surface area contributed by atoms with Crippen molar-refractivity contribution in [3.63, 3.8) is 0 Å². The molecule has 2 heterocycles. The van der Waals surface area contributed by atoms with E-state index in [1.165, 1.54) is 0 Å². The number of thioether (sulfide) groups is 1. The molecule has 2 fully saturated rings. The number of carbonyl (C=O) groups is 2. The van der Waals surface area contributed by atoms with Crippen LogP contribution in [0.5, 0.6) is 0 Å². The van der Waals surface area contributed by atoms with Crippen LogP contribution in [0.4, 0.5) is 10.5 Å². The molecule has 0 bridgehead atoms. The van der Waals surface area contributed by atoms with Gasteiger partial charge in [-0.2, -0.15) is 0 Å². The summed E-state index contributed by atoms with van der Waals surface area (Å²) < 4.78 is 0. The van der Waals surface area contributed by atoms with E-state index >= 15 is 0 Å². The van der Waals surface area contributed by atoms with Crippen LogP contribution in [0, 0.1) is 0 Å². The lowest BCUT2D eigenvalue weighted by Crippen LogP contribution is -2.34. The Hall–Kier alpha value is -1.54. The number of amides is 2. The van der Waals surface area contributed by atoms with Crippen molar-refractivity contribution < 1.29 is 9.59 Å². The van der Waals surface area contributed by atoms with Crippen molar-refractivity contribution in [2.24, 2.45) is 5.73 Å². The van der Waals surface area contributed by atoms with Crippen LogP contribution in [0.25, 0.3) is 6.08 Å². The summed E-state index contributed by atoms with van der Waals surface area (Å²) in [4.78, 5) is 25.8. The minimum Gasteiger partial charge on any atom is -0.368 e. The van der Waals surface area contributed by atoms with Gasteiger partial charge in [0.25, 0.3) is 11.1 Å². The second-order valence-electron chi connectivity index (χ2n) is 6.06. The number of nitrogens with one attached hydrogen (secondary N) is 2. The molecule has 0 aliphatic carbocycles. The molecule has 2 aliphatic rings. The third-order valence-electron chi connectivity index (χ3n) is 4.27. The van der Waals surface area contributed by atoms with Crippen LogP contribution < -0.4 is 21.3 Å². The fourth-order valence-corrected chi connectivity index (χ4v) is 4.06. The van der Waals surface area contributed by atoms with E-state index in [9.17, 15) is 9.59 Å². The molecule has 2 aliphatic heterocycles. The van der Waals surface area contributed by atoms with Crippen molar-refractivity contribution >= 4 is 46.3 Å². The van der Waals surface area contributed by atoms with Gasteiger partial charge in [0.05, 0.1) is 15.6 Å². The van der Waals surface area contributed by atoms with Gasteiger partial charge < -0.3 is 16.0 Å². The van der Waals surface area contributed by atoms with E-state index in [2.05, 4.69) is 15.5 Å². The molecule has 25 heavy (non-hydrogen) atoms. The molecule has 4 N–H and O–H groups in total. The predicted octanol–water partition coefficient (Wildman–Crippen LogP) is 2.18. The molecule has 0 unspecified atom stereocenters. The highest BCUT2D eigenvalue weighted by Crippen LogP contribution is 2.35. The number of anilines is 1. The Morgan fingerprint density at radius 2 is 2.28 bits per heavy atom. The van der Waals surface area contributed by atoms with Gasteiger partial charge in [-0.15, -0.1) is 0 Å². The van der Waals surface area contributed by atoms with E-state index in [4.69, 9.17) is 17.3 Å². The average Bonchev–Trinajstić information content (AvgIpc) is 3.15. The Morgan fingerprint density at radius 1 is 1.44 bits per heavy atom. The van der Waals surface area contributed by atoms with E-state index in [1.807, 2.05) is 18.2 Å². The summed E-state index contributed by atoms with van der Waals surface area (Å²) in [5.74, 6) is -0.358. The van der Waals surface area contributed by atoms with Crippen LogP contribution in [0.2, 0.25) is 5.02 Å². The normalized spacial score (nSPS) is 22.1. The van der Waals surface area contributed by atoms with E-state index in [-0.39, 0.29) is 11.1 Å². The molecular weight excluding hydrogens is 360 g/mol. The standard InChI is InChI=1S/C17H21ClN4O2S/c18-13-4-1-3-11(9-14-16(23)21-17(24)25-14)15(13)22-8-5-12(10-22)20-7-2-6-19/h1,3-4,9,12,20H,2,5-8,10,19H2,(H,21,23,24)/t12-/m0/s1. The van der Waals surface area contributed by atoms with Crippen molar-refractivity contribution in [1.29, 1.82) is 0 Å². The van der Waals surface area contributed by atoms with Gasteiger partial charge in [-0.1, -0.05) is 23.7 Å². The van der Waals surface area contributed by atoms with Gasteiger partial charge in [0.15, 0.2) is 0 Å². The maximum atomic E-state index is 11.8. The largest absolute Gasteiger partial charge is 0.368 e. The van der Waals surface area contributed by atoms with Crippen LogP contribution in [-0.4, -0.2) is 43.4 Å². The zero-order valence-corrected chi connectivity index (χ0v) is 15.3.